The first-order valence-corrected chi connectivity index (χ1v) is 11.3. The molecule has 9 heteroatoms. The lowest BCUT2D eigenvalue weighted by molar-refractivity contribution is -0.121. The van der Waals surface area contributed by atoms with Crippen molar-refractivity contribution >= 4 is 17.6 Å². The average Bonchev–Trinajstić information content (AvgIpc) is 3.33. The van der Waals surface area contributed by atoms with Gasteiger partial charge in [0.25, 0.3) is 0 Å². The standard InChI is InChI=1S/C25H28N4O5/c1-3-33-25(31)19-5-4-6-20(15-19)26-24(30)18-11-13-29(14-12-18)16-22-27-23(28-34-22)17-7-9-21(32-2)10-8-17/h4-10,15,18H,3,11-14,16H2,1-2H3,(H,26,30). The SMILES string of the molecule is CCOC(=O)c1cccc(NC(=O)C2CCN(Cc3nc(-c4ccc(OC)cc4)no3)CC2)c1. The highest BCUT2D eigenvalue weighted by molar-refractivity contribution is 5.95. The Morgan fingerprint density at radius 2 is 1.91 bits per heavy atom. The summed E-state index contributed by atoms with van der Waals surface area (Å²) < 4.78 is 15.6. The van der Waals surface area contributed by atoms with Gasteiger partial charge in [-0.1, -0.05) is 11.2 Å². The van der Waals surface area contributed by atoms with Crippen molar-refractivity contribution in [2.75, 3.05) is 32.1 Å². The monoisotopic (exact) mass is 464 g/mol. The van der Waals surface area contributed by atoms with Crippen LogP contribution >= 0.6 is 0 Å². The molecule has 9 nitrogen and oxygen atoms in total. The van der Waals surface area contributed by atoms with Crippen molar-refractivity contribution in [1.82, 2.24) is 15.0 Å². The number of carbonyl (C=O) groups is 2. The summed E-state index contributed by atoms with van der Waals surface area (Å²) in [5.74, 6) is 1.32. The van der Waals surface area contributed by atoms with Crippen LogP contribution in [0.5, 0.6) is 5.75 Å². The molecule has 178 valence electrons. The van der Waals surface area contributed by atoms with Gasteiger partial charge in [-0.05, 0) is 75.3 Å². The Kier molecular flexibility index (Phi) is 7.54. The maximum Gasteiger partial charge on any atom is 0.338 e. The number of hydrogen-bond acceptors (Lipinski definition) is 8. The van der Waals surface area contributed by atoms with Gasteiger partial charge in [0.2, 0.25) is 17.6 Å². The molecule has 0 radical (unpaired) electrons. The number of likely N-dealkylation sites (tertiary alicyclic amines) is 1. The summed E-state index contributed by atoms with van der Waals surface area (Å²) >= 11 is 0. The topological polar surface area (TPSA) is 107 Å². The van der Waals surface area contributed by atoms with Gasteiger partial charge in [0.05, 0.1) is 25.8 Å². The number of esters is 1. The molecule has 1 amide bonds. The molecule has 4 rings (SSSR count). The fourth-order valence-corrected chi connectivity index (χ4v) is 3.90. The molecule has 2 heterocycles. The van der Waals surface area contributed by atoms with Crippen LogP contribution in [0.4, 0.5) is 5.69 Å². The van der Waals surface area contributed by atoms with E-state index in [0.29, 0.717) is 36.1 Å². The van der Waals surface area contributed by atoms with E-state index in [-0.39, 0.29) is 11.8 Å². The van der Waals surface area contributed by atoms with E-state index >= 15 is 0 Å². The molecule has 1 aliphatic heterocycles. The Balaban J connectivity index is 1.27. The highest BCUT2D eigenvalue weighted by atomic mass is 16.5. The Bertz CT molecular complexity index is 1120. The van der Waals surface area contributed by atoms with Crippen molar-refractivity contribution < 1.29 is 23.6 Å². The summed E-state index contributed by atoms with van der Waals surface area (Å²) in [5, 5.41) is 7.01. The van der Waals surface area contributed by atoms with Crippen molar-refractivity contribution in [3.63, 3.8) is 0 Å². The largest absolute Gasteiger partial charge is 0.497 e. The maximum atomic E-state index is 12.7. The van der Waals surface area contributed by atoms with Crippen LogP contribution in [0.1, 0.15) is 36.0 Å². The number of hydrogen-bond donors (Lipinski definition) is 1. The fourth-order valence-electron chi connectivity index (χ4n) is 3.90. The van der Waals surface area contributed by atoms with Crippen LogP contribution in [-0.2, 0) is 16.1 Å². The summed E-state index contributed by atoms with van der Waals surface area (Å²) in [6, 6.07) is 14.3. The molecule has 0 atom stereocenters. The van der Waals surface area contributed by atoms with Crippen LogP contribution in [0.15, 0.2) is 53.1 Å². The molecule has 1 fully saturated rings. The number of amides is 1. The molecule has 0 aliphatic carbocycles. The predicted octanol–water partition coefficient (Wildman–Crippen LogP) is 3.77. The molecule has 1 saturated heterocycles. The summed E-state index contributed by atoms with van der Waals surface area (Å²) in [5.41, 5.74) is 1.87. The number of carbonyl (C=O) groups excluding carboxylic acids is 2. The van der Waals surface area contributed by atoms with Crippen LogP contribution in [0.25, 0.3) is 11.4 Å². The van der Waals surface area contributed by atoms with Gasteiger partial charge in [0.1, 0.15) is 5.75 Å². The van der Waals surface area contributed by atoms with Crippen LogP contribution in [0.2, 0.25) is 0 Å². The third-order valence-corrected chi connectivity index (χ3v) is 5.77. The fraction of sp³-hybridized carbons (Fsp3) is 0.360. The van der Waals surface area contributed by atoms with Crippen molar-refractivity contribution in [3.8, 4) is 17.1 Å². The van der Waals surface area contributed by atoms with Gasteiger partial charge >= 0.3 is 5.97 Å². The van der Waals surface area contributed by atoms with E-state index in [2.05, 4.69) is 20.4 Å². The zero-order valence-electron chi connectivity index (χ0n) is 19.3. The third kappa shape index (κ3) is 5.79. The molecular formula is C25H28N4O5. The molecule has 1 aromatic heterocycles. The van der Waals surface area contributed by atoms with E-state index in [1.54, 1.807) is 38.3 Å². The predicted molar refractivity (Wildman–Crippen MR) is 125 cm³/mol. The van der Waals surface area contributed by atoms with E-state index in [9.17, 15) is 9.59 Å². The summed E-state index contributed by atoms with van der Waals surface area (Å²) in [6.45, 7) is 4.11. The number of aromatic nitrogens is 2. The molecule has 34 heavy (non-hydrogen) atoms. The molecule has 0 unspecified atom stereocenters. The number of piperidine rings is 1. The summed E-state index contributed by atoms with van der Waals surface area (Å²) in [6.07, 6.45) is 1.45. The van der Waals surface area contributed by atoms with Gasteiger partial charge in [-0.3, -0.25) is 9.69 Å². The Morgan fingerprint density at radius 3 is 2.62 bits per heavy atom. The van der Waals surface area contributed by atoms with Gasteiger partial charge in [0.15, 0.2) is 0 Å². The zero-order chi connectivity index (χ0) is 23.9. The molecule has 1 N–H and O–H groups in total. The Morgan fingerprint density at radius 1 is 1.15 bits per heavy atom. The maximum absolute atomic E-state index is 12.7. The lowest BCUT2D eigenvalue weighted by Crippen LogP contribution is -2.37. The normalized spacial score (nSPS) is 14.5. The second-order valence-corrected chi connectivity index (χ2v) is 8.08. The number of methoxy groups -OCH3 is 1. The number of rotatable bonds is 8. The average molecular weight is 465 g/mol. The Labute approximate surface area is 198 Å². The first-order chi connectivity index (χ1) is 16.6. The van der Waals surface area contributed by atoms with Crippen molar-refractivity contribution in [2.45, 2.75) is 26.3 Å². The molecular weight excluding hydrogens is 436 g/mol. The quantitative estimate of drug-likeness (QED) is 0.502. The second-order valence-electron chi connectivity index (χ2n) is 8.08. The molecule has 0 spiro atoms. The molecule has 0 bridgehead atoms. The smallest absolute Gasteiger partial charge is 0.338 e. The van der Waals surface area contributed by atoms with Crippen molar-refractivity contribution in [2.24, 2.45) is 5.92 Å². The number of anilines is 1. The van der Waals surface area contributed by atoms with E-state index in [4.69, 9.17) is 14.0 Å². The van der Waals surface area contributed by atoms with Crippen LogP contribution in [0, 0.1) is 5.92 Å². The van der Waals surface area contributed by atoms with Gasteiger partial charge < -0.3 is 19.3 Å². The molecule has 0 saturated carbocycles. The van der Waals surface area contributed by atoms with Crippen molar-refractivity contribution in [3.05, 3.63) is 60.0 Å². The highest BCUT2D eigenvalue weighted by Crippen LogP contribution is 2.23. The summed E-state index contributed by atoms with van der Waals surface area (Å²) in [7, 11) is 1.62. The van der Waals surface area contributed by atoms with Gasteiger partial charge in [-0.25, -0.2) is 4.79 Å². The van der Waals surface area contributed by atoms with E-state index in [1.807, 2.05) is 24.3 Å². The number of benzene rings is 2. The van der Waals surface area contributed by atoms with Gasteiger partial charge in [-0.2, -0.15) is 4.98 Å². The number of ether oxygens (including phenoxy) is 2. The van der Waals surface area contributed by atoms with Gasteiger partial charge in [0, 0.05) is 17.2 Å². The second kappa shape index (κ2) is 10.9. The lowest BCUT2D eigenvalue weighted by Gasteiger charge is -2.30. The van der Waals surface area contributed by atoms with Crippen LogP contribution < -0.4 is 10.1 Å². The number of nitrogens with zero attached hydrogens (tertiary/aromatic N) is 3. The Hall–Kier alpha value is -3.72. The van der Waals surface area contributed by atoms with E-state index < -0.39 is 5.97 Å². The van der Waals surface area contributed by atoms with Crippen LogP contribution in [0.3, 0.4) is 0 Å². The minimum absolute atomic E-state index is 0.0414. The first-order valence-electron chi connectivity index (χ1n) is 11.3. The first kappa shape index (κ1) is 23.4. The molecule has 2 aromatic carbocycles. The molecule has 3 aromatic rings. The van der Waals surface area contributed by atoms with Crippen molar-refractivity contribution in [1.29, 1.82) is 0 Å². The van der Waals surface area contributed by atoms with Gasteiger partial charge in [-0.15, -0.1) is 0 Å². The number of nitrogens with one attached hydrogen (secondary N) is 1. The lowest BCUT2D eigenvalue weighted by atomic mass is 9.95. The third-order valence-electron chi connectivity index (χ3n) is 5.77. The summed E-state index contributed by atoms with van der Waals surface area (Å²) in [4.78, 5) is 31.4. The highest BCUT2D eigenvalue weighted by Gasteiger charge is 2.26. The molecule has 1 aliphatic rings. The minimum atomic E-state index is -0.400. The van der Waals surface area contributed by atoms with E-state index in [1.165, 1.54) is 0 Å². The minimum Gasteiger partial charge on any atom is -0.497 e. The zero-order valence-corrected chi connectivity index (χ0v) is 19.3. The van der Waals surface area contributed by atoms with Crippen LogP contribution in [-0.4, -0.2) is 53.7 Å². The van der Waals surface area contributed by atoms with E-state index in [0.717, 1.165) is 37.2 Å².